The first-order chi connectivity index (χ1) is 7.54. The average Bonchev–Trinajstić information content (AvgIpc) is 2.25. The van der Waals surface area contributed by atoms with Crippen molar-refractivity contribution in [2.75, 3.05) is 18.5 Å². The van der Waals surface area contributed by atoms with Crippen LogP contribution in [0.1, 0.15) is 12.5 Å². The molecule has 0 saturated heterocycles. The van der Waals surface area contributed by atoms with Crippen LogP contribution in [-0.4, -0.2) is 24.7 Å². The molecule has 1 aromatic carbocycles. The minimum Gasteiger partial charge on any atom is -0.478 e. The second kappa shape index (κ2) is 5.56. The fourth-order valence-corrected chi connectivity index (χ4v) is 1.61. The van der Waals surface area contributed by atoms with Gasteiger partial charge in [0.15, 0.2) is 0 Å². The monoisotopic (exact) mass is 239 g/mol. The molecule has 0 bridgehead atoms. The lowest BCUT2D eigenvalue weighted by Gasteiger charge is -2.18. The van der Waals surface area contributed by atoms with Gasteiger partial charge < -0.3 is 10.0 Å². The van der Waals surface area contributed by atoms with E-state index < -0.39 is 5.97 Å². The molecule has 1 N–H and O–H groups in total. The van der Waals surface area contributed by atoms with Gasteiger partial charge in [-0.1, -0.05) is 17.7 Å². The molecule has 0 atom stereocenters. The second-order valence-corrected chi connectivity index (χ2v) is 3.80. The van der Waals surface area contributed by atoms with Gasteiger partial charge in [0.05, 0.1) is 10.7 Å². The molecule has 86 valence electrons. The van der Waals surface area contributed by atoms with Crippen LogP contribution in [0.15, 0.2) is 24.3 Å². The number of carboxylic acid groups (broad SMARTS) is 1. The Hall–Kier alpha value is -1.48. The van der Waals surface area contributed by atoms with Gasteiger partial charge in [0, 0.05) is 19.7 Å². The Morgan fingerprint density at radius 3 is 2.75 bits per heavy atom. The summed E-state index contributed by atoms with van der Waals surface area (Å²) in [5.41, 5.74) is 1.72. The molecule has 4 heteroatoms. The van der Waals surface area contributed by atoms with Gasteiger partial charge in [-0.05, 0) is 30.7 Å². The van der Waals surface area contributed by atoms with Crippen molar-refractivity contribution in [1.29, 1.82) is 0 Å². The smallest absolute Gasteiger partial charge is 0.328 e. The van der Waals surface area contributed by atoms with E-state index in [-0.39, 0.29) is 0 Å². The Balaban J connectivity index is 2.95. The zero-order valence-electron chi connectivity index (χ0n) is 9.27. The molecule has 16 heavy (non-hydrogen) atoms. The number of carbonyl (C=O) groups is 1. The minimum absolute atomic E-state index is 0.622. The van der Waals surface area contributed by atoms with Crippen molar-refractivity contribution in [2.24, 2.45) is 0 Å². The van der Waals surface area contributed by atoms with E-state index in [4.69, 9.17) is 16.7 Å². The molecule has 0 aromatic heterocycles. The molecule has 0 fully saturated rings. The highest BCUT2D eigenvalue weighted by Crippen LogP contribution is 2.26. The molecule has 0 spiro atoms. The van der Waals surface area contributed by atoms with Crippen LogP contribution in [0.4, 0.5) is 5.69 Å². The largest absolute Gasteiger partial charge is 0.478 e. The topological polar surface area (TPSA) is 40.5 Å². The molecule has 1 rings (SSSR count). The molecule has 0 amide bonds. The number of halogens is 1. The van der Waals surface area contributed by atoms with E-state index in [1.165, 1.54) is 6.08 Å². The van der Waals surface area contributed by atoms with Gasteiger partial charge in [0.1, 0.15) is 0 Å². The molecular weight excluding hydrogens is 226 g/mol. The van der Waals surface area contributed by atoms with Crippen molar-refractivity contribution in [3.8, 4) is 0 Å². The lowest BCUT2D eigenvalue weighted by atomic mass is 10.2. The quantitative estimate of drug-likeness (QED) is 0.822. The molecule has 0 aliphatic rings. The normalized spacial score (nSPS) is 10.7. The summed E-state index contributed by atoms with van der Waals surface area (Å²) in [6, 6.07) is 5.47. The van der Waals surface area contributed by atoms with Crippen LogP contribution in [0.2, 0.25) is 5.02 Å². The Kier molecular flexibility index (Phi) is 4.38. The lowest BCUT2D eigenvalue weighted by molar-refractivity contribution is -0.131. The van der Waals surface area contributed by atoms with Crippen molar-refractivity contribution in [1.82, 2.24) is 0 Å². The van der Waals surface area contributed by atoms with E-state index in [1.54, 1.807) is 6.07 Å². The maximum absolute atomic E-state index is 10.4. The predicted molar refractivity (Wildman–Crippen MR) is 67.1 cm³/mol. The van der Waals surface area contributed by atoms with Crippen LogP contribution in [0, 0.1) is 0 Å². The van der Waals surface area contributed by atoms with Crippen molar-refractivity contribution in [3.05, 3.63) is 34.9 Å². The summed E-state index contributed by atoms with van der Waals surface area (Å²) in [6.07, 6.45) is 2.61. The Morgan fingerprint density at radius 2 is 2.25 bits per heavy atom. The highest BCUT2D eigenvalue weighted by molar-refractivity contribution is 6.33. The third-order valence-electron chi connectivity index (χ3n) is 2.28. The molecule has 0 saturated carbocycles. The van der Waals surface area contributed by atoms with E-state index in [0.717, 1.165) is 23.9 Å². The van der Waals surface area contributed by atoms with Gasteiger partial charge in [-0.2, -0.15) is 0 Å². The third kappa shape index (κ3) is 3.28. The fraction of sp³-hybridized carbons (Fsp3) is 0.250. The first-order valence-electron chi connectivity index (χ1n) is 4.96. The van der Waals surface area contributed by atoms with Crippen molar-refractivity contribution < 1.29 is 9.90 Å². The van der Waals surface area contributed by atoms with Gasteiger partial charge in [-0.15, -0.1) is 0 Å². The highest BCUT2D eigenvalue weighted by atomic mass is 35.5. The Bertz CT molecular complexity index is 415. The summed E-state index contributed by atoms with van der Waals surface area (Å²) >= 11 is 6.10. The molecule has 0 heterocycles. The fourth-order valence-electron chi connectivity index (χ4n) is 1.27. The summed E-state index contributed by atoms with van der Waals surface area (Å²) in [5.74, 6) is -0.967. The van der Waals surface area contributed by atoms with Gasteiger partial charge >= 0.3 is 5.97 Å². The number of aliphatic carboxylic acids is 1. The Labute approximate surface area is 100.0 Å². The average molecular weight is 240 g/mol. The minimum atomic E-state index is -0.967. The van der Waals surface area contributed by atoms with Gasteiger partial charge in [-0.25, -0.2) is 4.79 Å². The highest BCUT2D eigenvalue weighted by Gasteiger charge is 2.04. The van der Waals surface area contributed by atoms with Crippen LogP contribution in [-0.2, 0) is 4.79 Å². The molecule has 0 aliphatic carbocycles. The predicted octanol–water partition coefficient (Wildman–Crippen LogP) is 2.89. The summed E-state index contributed by atoms with van der Waals surface area (Å²) < 4.78 is 0. The van der Waals surface area contributed by atoms with Crippen LogP contribution >= 0.6 is 11.6 Å². The van der Waals surface area contributed by atoms with E-state index in [2.05, 4.69) is 0 Å². The number of hydrogen-bond acceptors (Lipinski definition) is 2. The molecule has 0 unspecified atom stereocenters. The molecular formula is C12H14ClNO2. The zero-order valence-corrected chi connectivity index (χ0v) is 10.0. The van der Waals surface area contributed by atoms with E-state index >= 15 is 0 Å². The summed E-state index contributed by atoms with van der Waals surface area (Å²) in [5, 5.41) is 9.12. The van der Waals surface area contributed by atoms with Crippen LogP contribution in [0.5, 0.6) is 0 Å². The van der Waals surface area contributed by atoms with Gasteiger partial charge in [-0.3, -0.25) is 0 Å². The third-order valence-corrected chi connectivity index (χ3v) is 2.58. The number of anilines is 1. The number of carboxylic acids is 1. The van der Waals surface area contributed by atoms with Crippen molar-refractivity contribution in [3.63, 3.8) is 0 Å². The number of hydrogen-bond donors (Lipinski definition) is 1. The van der Waals surface area contributed by atoms with Gasteiger partial charge in [0.2, 0.25) is 0 Å². The van der Waals surface area contributed by atoms with E-state index in [1.807, 2.05) is 31.0 Å². The number of benzene rings is 1. The maximum atomic E-state index is 10.4. The molecule has 0 radical (unpaired) electrons. The van der Waals surface area contributed by atoms with E-state index in [0.29, 0.717) is 5.02 Å². The second-order valence-electron chi connectivity index (χ2n) is 3.40. The number of rotatable bonds is 4. The van der Waals surface area contributed by atoms with Crippen LogP contribution < -0.4 is 4.90 Å². The summed E-state index contributed by atoms with van der Waals surface area (Å²) in [6.45, 7) is 2.90. The first kappa shape index (κ1) is 12.6. The van der Waals surface area contributed by atoms with Crippen molar-refractivity contribution >= 4 is 29.3 Å². The van der Waals surface area contributed by atoms with Crippen LogP contribution in [0.25, 0.3) is 6.08 Å². The van der Waals surface area contributed by atoms with Crippen molar-refractivity contribution in [2.45, 2.75) is 6.92 Å². The summed E-state index contributed by atoms with van der Waals surface area (Å²) in [4.78, 5) is 12.4. The zero-order chi connectivity index (χ0) is 12.1. The van der Waals surface area contributed by atoms with E-state index in [9.17, 15) is 4.79 Å². The molecule has 0 aliphatic heterocycles. The standard InChI is InChI=1S/C12H14ClNO2/c1-3-14(2)11-6-4-9(8-10(11)13)5-7-12(15)16/h4-8H,3H2,1-2H3,(H,15,16)/b7-5+. The lowest BCUT2D eigenvalue weighted by Crippen LogP contribution is -2.15. The molecule has 3 nitrogen and oxygen atoms in total. The number of nitrogens with zero attached hydrogens (tertiary/aromatic N) is 1. The Morgan fingerprint density at radius 1 is 1.56 bits per heavy atom. The summed E-state index contributed by atoms with van der Waals surface area (Å²) in [7, 11) is 1.95. The molecule has 1 aromatic rings. The first-order valence-corrected chi connectivity index (χ1v) is 5.34. The van der Waals surface area contributed by atoms with Crippen LogP contribution in [0.3, 0.4) is 0 Å². The SMILES string of the molecule is CCN(C)c1ccc(/C=C/C(=O)O)cc1Cl. The maximum Gasteiger partial charge on any atom is 0.328 e. The van der Waals surface area contributed by atoms with Gasteiger partial charge in [0.25, 0.3) is 0 Å².